The third kappa shape index (κ3) is 5.91. The van der Waals surface area contributed by atoms with Gasteiger partial charge < -0.3 is 10.6 Å². The Kier molecular flexibility index (Phi) is 7.60. The summed E-state index contributed by atoms with van der Waals surface area (Å²) >= 11 is 6.02. The lowest BCUT2D eigenvalue weighted by Gasteiger charge is -2.33. The highest BCUT2D eigenvalue weighted by atomic mass is 35.5. The van der Waals surface area contributed by atoms with E-state index in [1.165, 1.54) is 6.07 Å². The van der Waals surface area contributed by atoms with Crippen molar-refractivity contribution in [3.8, 4) is 0 Å². The lowest BCUT2D eigenvalue weighted by molar-refractivity contribution is 0.161. The average Bonchev–Trinajstić information content (AvgIpc) is 2.39. The minimum absolute atomic E-state index is 0.147. The van der Waals surface area contributed by atoms with E-state index in [-0.39, 0.29) is 11.9 Å². The zero-order valence-corrected chi connectivity index (χ0v) is 14.2. The van der Waals surface area contributed by atoms with Crippen molar-refractivity contribution < 1.29 is 4.39 Å². The van der Waals surface area contributed by atoms with Crippen LogP contribution in [0.1, 0.15) is 25.5 Å². The molecule has 0 radical (unpaired) electrons. The van der Waals surface area contributed by atoms with Crippen molar-refractivity contribution in [2.45, 2.75) is 19.9 Å². The number of benzene rings is 1. The molecule has 1 atom stereocenters. The third-order valence-electron chi connectivity index (χ3n) is 3.42. The second-order valence-electron chi connectivity index (χ2n) is 6.11. The molecule has 0 aliphatic heterocycles. The first-order valence-corrected chi connectivity index (χ1v) is 7.76. The average molecular weight is 316 g/mol. The van der Waals surface area contributed by atoms with Crippen molar-refractivity contribution in [2.24, 2.45) is 11.7 Å². The van der Waals surface area contributed by atoms with E-state index < -0.39 is 0 Å². The summed E-state index contributed by atoms with van der Waals surface area (Å²) in [6, 6.07) is 4.53. The fraction of sp³-hybridized carbons (Fsp3) is 0.625. The van der Waals surface area contributed by atoms with Gasteiger partial charge in [0, 0.05) is 36.8 Å². The van der Waals surface area contributed by atoms with Gasteiger partial charge in [0.25, 0.3) is 0 Å². The van der Waals surface area contributed by atoms with Crippen LogP contribution < -0.4 is 5.73 Å². The molecule has 1 unspecified atom stereocenters. The fourth-order valence-corrected chi connectivity index (χ4v) is 2.60. The Balaban J connectivity index is 3.01. The first-order valence-electron chi connectivity index (χ1n) is 7.39. The van der Waals surface area contributed by atoms with Crippen LogP contribution in [0.3, 0.4) is 0 Å². The van der Waals surface area contributed by atoms with Gasteiger partial charge in [-0.2, -0.15) is 0 Å². The normalized spacial score (nSPS) is 13.4. The molecule has 1 aromatic rings. The molecule has 0 aromatic heterocycles. The highest BCUT2D eigenvalue weighted by molar-refractivity contribution is 6.30. The third-order valence-corrected chi connectivity index (χ3v) is 3.65. The zero-order valence-electron chi connectivity index (χ0n) is 13.4. The van der Waals surface area contributed by atoms with Gasteiger partial charge in [-0.1, -0.05) is 25.4 Å². The minimum Gasteiger partial charge on any atom is -0.329 e. The van der Waals surface area contributed by atoms with Crippen LogP contribution in [0.5, 0.6) is 0 Å². The Morgan fingerprint density at radius 3 is 2.43 bits per heavy atom. The van der Waals surface area contributed by atoms with Gasteiger partial charge in [0.2, 0.25) is 0 Å². The molecule has 0 aliphatic rings. The van der Waals surface area contributed by atoms with Crippen LogP contribution in [0.25, 0.3) is 0 Å². The summed E-state index contributed by atoms with van der Waals surface area (Å²) in [4.78, 5) is 4.37. The van der Waals surface area contributed by atoms with Gasteiger partial charge in [-0.25, -0.2) is 4.39 Å². The molecule has 120 valence electrons. The summed E-state index contributed by atoms with van der Waals surface area (Å²) in [5.41, 5.74) is 6.53. The highest BCUT2D eigenvalue weighted by Gasteiger charge is 2.23. The fourth-order valence-electron chi connectivity index (χ4n) is 2.41. The van der Waals surface area contributed by atoms with E-state index in [4.69, 9.17) is 17.3 Å². The Bertz CT molecular complexity index is 438. The number of nitrogens with two attached hydrogens (primary N) is 1. The number of hydrogen-bond donors (Lipinski definition) is 1. The van der Waals surface area contributed by atoms with Crippen LogP contribution in [0.2, 0.25) is 5.02 Å². The number of halogens is 2. The van der Waals surface area contributed by atoms with Gasteiger partial charge in [0.15, 0.2) is 0 Å². The molecule has 3 nitrogen and oxygen atoms in total. The van der Waals surface area contributed by atoms with Crippen molar-refractivity contribution in [3.05, 3.63) is 34.6 Å². The quantitative estimate of drug-likeness (QED) is 0.800. The van der Waals surface area contributed by atoms with E-state index in [1.54, 1.807) is 12.1 Å². The van der Waals surface area contributed by atoms with Crippen LogP contribution in [0.15, 0.2) is 18.2 Å². The molecule has 0 saturated heterocycles. The van der Waals surface area contributed by atoms with E-state index in [9.17, 15) is 4.39 Å². The lowest BCUT2D eigenvalue weighted by Crippen LogP contribution is -2.40. The van der Waals surface area contributed by atoms with Crippen molar-refractivity contribution in [2.75, 3.05) is 40.3 Å². The Hall–Kier alpha value is -0.680. The number of likely N-dealkylation sites (N-methyl/N-ethyl adjacent to an activating group) is 1. The second-order valence-corrected chi connectivity index (χ2v) is 6.55. The van der Waals surface area contributed by atoms with Gasteiger partial charge >= 0.3 is 0 Å². The van der Waals surface area contributed by atoms with Gasteiger partial charge in [0.05, 0.1) is 6.04 Å². The van der Waals surface area contributed by atoms with Crippen LogP contribution >= 0.6 is 11.6 Å². The monoisotopic (exact) mass is 315 g/mol. The summed E-state index contributed by atoms with van der Waals surface area (Å²) in [5.74, 6) is 0.247. The number of nitrogens with zero attached hydrogens (tertiary/aromatic N) is 2. The van der Waals surface area contributed by atoms with E-state index >= 15 is 0 Å². The maximum Gasteiger partial charge on any atom is 0.128 e. The topological polar surface area (TPSA) is 32.5 Å². The SMILES string of the molecule is CC(C)CN(CCN(C)C)C(CN)c1cc(Cl)ccc1F. The van der Waals surface area contributed by atoms with Crippen LogP contribution in [0, 0.1) is 11.7 Å². The predicted octanol–water partition coefficient (Wildman–Crippen LogP) is 3.00. The molecule has 0 amide bonds. The highest BCUT2D eigenvalue weighted by Crippen LogP contribution is 2.26. The first kappa shape index (κ1) is 18.4. The van der Waals surface area contributed by atoms with Crippen molar-refractivity contribution in [1.29, 1.82) is 0 Å². The van der Waals surface area contributed by atoms with E-state index in [0.717, 1.165) is 19.6 Å². The van der Waals surface area contributed by atoms with Crippen LogP contribution in [-0.2, 0) is 0 Å². The summed E-state index contributed by atoms with van der Waals surface area (Å²) < 4.78 is 14.2. The molecule has 2 N–H and O–H groups in total. The first-order chi connectivity index (χ1) is 9.85. The van der Waals surface area contributed by atoms with Crippen molar-refractivity contribution in [3.63, 3.8) is 0 Å². The Labute approximate surface area is 132 Å². The minimum atomic E-state index is -0.242. The lowest BCUT2D eigenvalue weighted by atomic mass is 10.0. The number of hydrogen-bond acceptors (Lipinski definition) is 3. The van der Waals surface area contributed by atoms with E-state index in [2.05, 4.69) is 23.6 Å². The molecule has 1 rings (SSSR count). The molecule has 0 aliphatic carbocycles. The predicted molar refractivity (Wildman–Crippen MR) is 88.2 cm³/mol. The molecule has 1 aromatic carbocycles. The Morgan fingerprint density at radius 2 is 1.90 bits per heavy atom. The largest absolute Gasteiger partial charge is 0.329 e. The van der Waals surface area contributed by atoms with Gasteiger partial charge in [0.1, 0.15) is 5.82 Å². The summed E-state index contributed by atoms with van der Waals surface area (Å²) in [6.45, 7) is 7.32. The molecule has 5 heteroatoms. The standard InChI is InChI=1S/C16H27ClFN3/c1-12(2)11-21(8-7-20(3)4)16(10-19)14-9-13(17)5-6-15(14)18/h5-6,9,12,16H,7-8,10-11,19H2,1-4H3. The number of rotatable bonds is 8. The van der Waals surface area contributed by atoms with Gasteiger partial charge in [-0.05, 0) is 38.2 Å². The zero-order chi connectivity index (χ0) is 16.0. The summed E-state index contributed by atoms with van der Waals surface area (Å²) in [5, 5.41) is 0.543. The maximum atomic E-state index is 14.2. The molecular weight excluding hydrogens is 289 g/mol. The van der Waals surface area contributed by atoms with E-state index in [0.29, 0.717) is 23.0 Å². The molecule has 21 heavy (non-hydrogen) atoms. The van der Waals surface area contributed by atoms with Gasteiger partial charge in [-0.3, -0.25) is 4.90 Å². The maximum absolute atomic E-state index is 14.2. The van der Waals surface area contributed by atoms with Crippen molar-refractivity contribution in [1.82, 2.24) is 9.80 Å². The Morgan fingerprint density at radius 1 is 1.24 bits per heavy atom. The van der Waals surface area contributed by atoms with Crippen LogP contribution in [0.4, 0.5) is 4.39 Å². The molecule has 0 bridgehead atoms. The summed E-state index contributed by atoms with van der Waals surface area (Å²) in [6.07, 6.45) is 0. The van der Waals surface area contributed by atoms with Crippen LogP contribution in [-0.4, -0.2) is 50.1 Å². The molecule has 0 spiro atoms. The molecule has 0 heterocycles. The molecule has 0 saturated carbocycles. The van der Waals surface area contributed by atoms with Gasteiger partial charge in [-0.15, -0.1) is 0 Å². The molecular formula is C16H27ClFN3. The summed E-state index contributed by atoms with van der Waals surface area (Å²) in [7, 11) is 4.07. The van der Waals surface area contributed by atoms with E-state index in [1.807, 2.05) is 14.1 Å². The van der Waals surface area contributed by atoms with Crippen molar-refractivity contribution >= 4 is 11.6 Å². The second kappa shape index (κ2) is 8.69. The molecule has 0 fully saturated rings. The smallest absolute Gasteiger partial charge is 0.128 e.